The van der Waals surface area contributed by atoms with Gasteiger partial charge in [0.15, 0.2) is 0 Å². The number of benzene rings is 1. The van der Waals surface area contributed by atoms with Crippen LogP contribution in [0, 0.1) is 5.92 Å². The number of anilines is 1. The van der Waals surface area contributed by atoms with Crippen LogP contribution in [0.5, 0.6) is 0 Å². The SMILES string of the molecule is O=C(Nc1cc(C2CCCC2)nn1-c1ccccc1)C1CCN(C(=O)c2cccs2)CC1. The number of hydrogen-bond donors (Lipinski definition) is 1. The maximum absolute atomic E-state index is 13.1. The van der Waals surface area contributed by atoms with E-state index < -0.39 is 0 Å². The van der Waals surface area contributed by atoms with Gasteiger partial charge in [-0.1, -0.05) is 37.1 Å². The monoisotopic (exact) mass is 448 g/mol. The predicted molar refractivity (Wildman–Crippen MR) is 126 cm³/mol. The second-order valence-electron chi connectivity index (χ2n) is 8.72. The summed E-state index contributed by atoms with van der Waals surface area (Å²) in [5.74, 6) is 1.20. The zero-order chi connectivity index (χ0) is 21.9. The number of thiophene rings is 1. The summed E-state index contributed by atoms with van der Waals surface area (Å²) < 4.78 is 1.86. The Morgan fingerprint density at radius 3 is 2.41 bits per heavy atom. The van der Waals surface area contributed by atoms with E-state index in [0.717, 1.165) is 34.9 Å². The van der Waals surface area contributed by atoms with Crippen LogP contribution in [0.25, 0.3) is 5.69 Å². The molecule has 1 N–H and O–H groups in total. The van der Waals surface area contributed by atoms with Crippen molar-refractivity contribution in [3.05, 3.63) is 64.5 Å². The Kier molecular flexibility index (Phi) is 6.08. The van der Waals surface area contributed by atoms with Gasteiger partial charge in [-0.15, -0.1) is 11.3 Å². The molecule has 5 rings (SSSR count). The molecule has 7 heteroatoms. The lowest BCUT2D eigenvalue weighted by atomic mass is 9.95. The Hall–Kier alpha value is -2.93. The number of rotatable bonds is 5. The van der Waals surface area contributed by atoms with Crippen LogP contribution in [0.15, 0.2) is 53.9 Å². The van der Waals surface area contributed by atoms with Gasteiger partial charge in [0, 0.05) is 31.0 Å². The molecule has 3 aromatic rings. The summed E-state index contributed by atoms with van der Waals surface area (Å²) >= 11 is 1.47. The van der Waals surface area contributed by atoms with E-state index in [4.69, 9.17) is 5.10 Å². The van der Waals surface area contributed by atoms with Gasteiger partial charge in [0.25, 0.3) is 5.91 Å². The Bertz CT molecular complexity index is 1060. The Labute approximate surface area is 192 Å². The number of piperidine rings is 1. The van der Waals surface area contributed by atoms with Crippen molar-refractivity contribution in [3.63, 3.8) is 0 Å². The number of nitrogens with one attached hydrogen (secondary N) is 1. The van der Waals surface area contributed by atoms with Crippen LogP contribution < -0.4 is 5.32 Å². The average Bonchev–Trinajstić information content (AvgIpc) is 3.61. The molecule has 1 saturated heterocycles. The highest BCUT2D eigenvalue weighted by Crippen LogP contribution is 2.35. The summed E-state index contributed by atoms with van der Waals surface area (Å²) in [5, 5.41) is 9.95. The van der Waals surface area contributed by atoms with Gasteiger partial charge < -0.3 is 10.2 Å². The molecule has 0 atom stereocenters. The third-order valence-electron chi connectivity index (χ3n) is 6.64. The zero-order valence-electron chi connectivity index (χ0n) is 18.1. The summed E-state index contributed by atoms with van der Waals surface area (Å²) in [7, 11) is 0. The zero-order valence-corrected chi connectivity index (χ0v) is 18.9. The number of para-hydroxylation sites is 1. The Morgan fingerprint density at radius 1 is 0.969 bits per heavy atom. The van der Waals surface area contributed by atoms with E-state index >= 15 is 0 Å². The second kappa shape index (κ2) is 9.28. The summed E-state index contributed by atoms with van der Waals surface area (Å²) in [6.07, 6.45) is 6.17. The molecule has 2 aromatic heterocycles. The summed E-state index contributed by atoms with van der Waals surface area (Å²) in [6, 6.07) is 15.8. The highest BCUT2D eigenvalue weighted by atomic mass is 32.1. The van der Waals surface area contributed by atoms with Gasteiger partial charge in [0.05, 0.1) is 16.3 Å². The first kappa shape index (κ1) is 20.9. The lowest BCUT2D eigenvalue weighted by molar-refractivity contribution is -0.121. The van der Waals surface area contributed by atoms with Gasteiger partial charge in [-0.25, -0.2) is 4.68 Å². The molecule has 1 aromatic carbocycles. The number of nitrogens with zero attached hydrogens (tertiary/aromatic N) is 3. The fourth-order valence-corrected chi connectivity index (χ4v) is 5.50. The van der Waals surface area contributed by atoms with Crippen molar-refractivity contribution in [2.45, 2.75) is 44.4 Å². The minimum Gasteiger partial charge on any atom is -0.338 e. The second-order valence-corrected chi connectivity index (χ2v) is 9.66. The maximum Gasteiger partial charge on any atom is 0.263 e. The first-order chi connectivity index (χ1) is 15.7. The van der Waals surface area contributed by atoms with Gasteiger partial charge in [0.1, 0.15) is 5.82 Å². The van der Waals surface area contributed by atoms with E-state index in [0.29, 0.717) is 31.8 Å². The lowest BCUT2D eigenvalue weighted by Crippen LogP contribution is -2.41. The molecule has 1 aliphatic carbocycles. The third kappa shape index (κ3) is 4.35. The summed E-state index contributed by atoms with van der Waals surface area (Å²) in [4.78, 5) is 28.3. The van der Waals surface area contributed by atoms with E-state index in [9.17, 15) is 9.59 Å². The quantitative estimate of drug-likeness (QED) is 0.592. The Morgan fingerprint density at radius 2 is 1.72 bits per heavy atom. The molecule has 166 valence electrons. The number of amides is 2. The van der Waals surface area contributed by atoms with Crippen molar-refractivity contribution in [1.29, 1.82) is 0 Å². The van der Waals surface area contributed by atoms with E-state index in [1.165, 1.54) is 24.2 Å². The molecule has 0 unspecified atom stereocenters. The predicted octanol–water partition coefficient (Wildman–Crippen LogP) is 5.08. The van der Waals surface area contributed by atoms with E-state index in [2.05, 4.69) is 11.4 Å². The van der Waals surface area contributed by atoms with Crippen molar-refractivity contribution >= 4 is 29.0 Å². The first-order valence-corrected chi connectivity index (χ1v) is 12.4. The molecule has 0 bridgehead atoms. The minimum absolute atomic E-state index is 0.0169. The Balaban J connectivity index is 1.28. The van der Waals surface area contributed by atoms with Crippen molar-refractivity contribution in [2.75, 3.05) is 18.4 Å². The number of aromatic nitrogens is 2. The number of hydrogen-bond acceptors (Lipinski definition) is 4. The molecule has 2 fully saturated rings. The first-order valence-electron chi connectivity index (χ1n) is 11.5. The highest BCUT2D eigenvalue weighted by molar-refractivity contribution is 7.12. The van der Waals surface area contributed by atoms with Crippen molar-refractivity contribution in [2.24, 2.45) is 5.92 Å². The molecule has 1 saturated carbocycles. The van der Waals surface area contributed by atoms with Gasteiger partial charge in [-0.05, 0) is 49.3 Å². The molecular weight excluding hydrogens is 420 g/mol. The van der Waals surface area contributed by atoms with E-state index in [1.807, 2.05) is 57.4 Å². The summed E-state index contributed by atoms with van der Waals surface area (Å²) in [6.45, 7) is 1.22. The molecule has 1 aliphatic heterocycles. The molecule has 2 aliphatic rings. The van der Waals surface area contributed by atoms with Crippen molar-refractivity contribution in [3.8, 4) is 5.69 Å². The lowest BCUT2D eigenvalue weighted by Gasteiger charge is -2.31. The van der Waals surface area contributed by atoms with Crippen LogP contribution in [0.2, 0.25) is 0 Å². The van der Waals surface area contributed by atoms with Crippen molar-refractivity contribution < 1.29 is 9.59 Å². The molecular formula is C25H28N4O2S. The third-order valence-corrected chi connectivity index (χ3v) is 7.50. The smallest absolute Gasteiger partial charge is 0.263 e. The van der Waals surface area contributed by atoms with Crippen LogP contribution in [0.1, 0.15) is 59.8 Å². The van der Waals surface area contributed by atoms with Crippen LogP contribution in [-0.4, -0.2) is 39.6 Å². The fourth-order valence-electron chi connectivity index (χ4n) is 4.80. The maximum atomic E-state index is 13.1. The van der Waals surface area contributed by atoms with Gasteiger partial charge in [-0.2, -0.15) is 5.10 Å². The molecule has 0 spiro atoms. The largest absolute Gasteiger partial charge is 0.338 e. The van der Waals surface area contributed by atoms with Crippen LogP contribution >= 0.6 is 11.3 Å². The van der Waals surface area contributed by atoms with E-state index in [-0.39, 0.29) is 17.7 Å². The highest BCUT2D eigenvalue weighted by Gasteiger charge is 2.29. The van der Waals surface area contributed by atoms with Gasteiger partial charge >= 0.3 is 0 Å². The number of carbonyl (C=O) groups is 2. The van der Waals surface area contributed by atoms with Crippen LogP contribution in [0.4, 0.5) is 5.82 Å². The fraction of sp³-hybridized carbons (Fsp3) is 0.400. The molecule has 2 amide bonds. The molecule has 32 heavy (non-hydrogen) atoms. The van der Waals surface area contributed by atoms with Gasteiger partial charge in [-0.3, -0.25) is 9.59 Å². The van der Waals surface area contributed by atoms with Crippen LogP contribution in [-0.2, 0) is 4.79 Å². The average molecular weight is 449 g/mol. The minimum atomic E-state index is -0.101. The van der Waals surface area contributed by atoms with Crippen LogP contribution in [0.3, 0.4) is 0 Å². The number of likely N-dealkylation sites (tertiary alicyclic amines) is 1. The number of carbonyl (C=O) groups excluding carboxylic acids is 2. The van der Waals surface area contributed by atoms with Gasteiger partial charge in [0.2, 0.25) is 5.91 Å². The van der Waals surface area contributed by atoms with Crippen molar-refractivity contribution in [1.82, 2.24) is 14.7 Å². The standard InChI is InChI=1S/C25H28N4O2S/c30-24(19-12-14-28(15-13-19)25(31)22-11-6-16-32-22)26-23-17-21(18-7-4-5-8-18)27-29(23)20-9-2-1-3-10-20/h1-3,6,9-11,16-19H,4-5,7-8,12-15H2,(H,26,30). The van der Waals surface area contributed by atoms with E-state index in [1.54, 1.807) is 0 Å². The summed E-state index contributed by atoms with van der Waals surface area (Å²) in [5.41, 5.74) is 2.02. The topological polar surface area (TPSA) is 67.2 Å². The normalized spacial score (nSPS) is 17.6. The molecule has 3 heterocycles. The molecule has 0 radical (unpaired) electrons. The molecule has 6 nitrogen and oxygen atoms in total.